The van der Waals surface area contributed by atoms with Gasteiger partial charge in [-0.05, 0) is 63.6 Å². The van der Waals surface area contributed by atoms with Crippen LogP contribution in [0, 0.1) is 10.5 Å². The molecule has 0 saturated heterocycles. The second-order valence-corrected chi connectivity index (χ2v) is 6.24. The number of aromatic carboxylic acids is 1. The third kappa shape index (κ3) is 3.14. The van der Waals surface area contributed by atoms with Gasteiger partial charge in [0.2, 0.25) is 0 Å². The summed E-state index contributed by atoms with van der Waals surface area (Å²) in [6, 6.07) is 5.07. The highest BCUT2D eigenvalue weighted by Gasteiger charge is 2.15. The van der Waals surface area contributed by atoms with Crippen molar-refractivity contribution in [2.24, 2.45) is 7.05 Å². The van der Waals surface area contributed by atoms with Crippen molar-refractivity contribution in [2.75, 3.05) is 0 Å². The van der Waals surface area contributed by atoms with Crippen LogP contribution in [0.4, 0.5) is 0 Å². The van der Waals surface area contributed by atoms with E-state index in [1.165, 1.54) is 0 Å². The standard InChI is InChI=1S/C13H12BrIN2O3/c1-7-12(14)10(17(2)16-7)6-20-11-4-3-8(15)5-9(11)13(18)19/h3-5H,6H2,1-2H3,(H,18,19). The molecule has 5 nitrogen and oxygen atoms in total. The smallest absolute Gasteiger partial charge is 0.339 e. The maximum atomic E-state index is 11.2. The van der Waals surface area contributed by atoms with Gasteiger partial charge in [-0.15, -0.1) is 0 Å². The van der Waals surface area contributed by atoms with Crippen LogP contribution in [0.1, 0.15) is 21.7 Å². The van der Waals surface area contributed by atoms with Crippen LogP contribution in [-0.4, -0.2) is 20.9 Å². The zero-order chi connectivity index (χ0) is 14.9. The molecule has 0 atom stereocenters. The minimum Gasteiger partial charge on any atom is -0.486 e. The van der Waals surface area contributed by atoms with E-state index in [1.807, 2.05) is 20.0 Å². The van der Waals surface area contributed by atoms with Crippen LogP contribution < -0.4 is 4.74 Å². The van der Waals surface area contributed by atoms with Crippen molar-refractivity contribution in [3.8, 4) is 5.75 Å². The van der Waals surface area contributed by atoms with E-state index in [9.17, 15) is 9.90 Å². The molecule has 1 aromatic carbocycles. The SMILES string of the molecule is Cc1nn(C)c(COc2ccc(I)cc2C(=O)O)c1Br. The highest BCUT2D eigenvalue weighted by molar-refractivity contribution is 14.1. The van der Waals surface area contributed by atoms with Gasteiger partial charge in [0.1, 0.15) is 17.9 Å². The van der Waals surface area contributed by atoms with Crippen LogP contribution >= 0.6 is 38.5 Å². The van der Waals surface area contributed by atoms with E-state index in [0.717, 1.165) is 19.4 Å². The van der Waals surface area contributed by atoms with E-state index in [1.54, 1.807) is 16.8 Å². The number of aryl methyl sites for hydroxylation is 2. The van der Waals surface area contributed by atoms with Crippen LogP contribution in [0.25, 0.3) is 0 Å². The average Bonchev–Trinajstić information content (AvgIpc) is 2.62. The minimum atomic E-state index is -1.00. The molecule has 0 bridgehead atoms. The normalized spacial score (nSPS) is 10.6. The van der Waals surface area contributed by atoms with Gasteiger partial charge in [-0.25, -0.2) is 4.79 Å². The van der Waals surface area contributed by atoms with E-state index in [-0.39, 0.29) is 12.2 Å². The maximum Gasteiger partial charge on any atom is 0.339 e. The monoisotopic (exact) mass is 450 g/mol. The lowest BCUT2D eigenvalue weighted by atomic mass is 10.2. The lowest BCUT2D eigenvalue weighted by Crippen LogP contribution is -2.07. The van der Waals surface area contributed by atoms with Crippen molar-refractivity contribution in [2.45, 2.75) is 13.5 Å². The fourth-order valence-corrected chi connectivity index (χ4v) is 2.72. The number of rotatable bonds is 4. The van der Waals surface area contributed by atoms with E-state index < -0.39 is 5.97 Å². The Morgan fingerprint density at radius 3 is 2.80 bits per heavy atom. The molecule has 1 heterocycles. The van der Waals surface area contributed by atoms with Crippen LogP contribution in [0.2, 0.25) is 0 Å². The molecule has 0 amide bonds. The van der Waals surface area contributed by atoms with Gasteiger partial charge in [0, 0.05) is 10.6 Å². The molecular weight excluding hydrogens is 439 g/mol. The van der Waals surface area contributed by atoms with Crippen LogP contribution in [-0.2, 0) is 13.7 Å². The van der Waals surface area contributed by atoms with Gasteiger partial charge in [-0.3, -0.25) is 4.68 Å². The summed E-state index contributed by atoms with van der Waals surface area (Å²) in [6.45, 7) is 2.14. The highest BCUT2D eigenvalue weighted by atomic mass is 127. The Kier molecular flexibility index (Phi) is 4.69. The highest BCUT2D eigenvalue weighted by Crippen LogP contribution is 2.25. The third-order valence-electron chi connectivity index (χ3n) is 2.80. The zero-order valence-corrected chi connectivity index (χ0v) is 14.6. The number of aromatic nitrogens is 2. The largest absolute Gasteiger partial charge is 0.486 e. The number of ether oxygens (including phenoxy) is 1. The Morgan fingerprint density at radius 2 is 2.25 bits per heavy atom. The van der Waals surface area contributed by atoms with Gasteiger partial charge >= 0.3 is 5.97 Å². The summed E-state index contributed by atoms with van der Waals surface area (Å²) >= 11 is 5.52. The molecule has 0 fully saturated rings. The molecule has 0 aliphatic carbocycles. The second kappa shape index (κ2) is 6.13. The van der Waals surface area contributed by atoms with E-state index in [4.69, 9.17) is 4.74 Å². The number of halogens is 2. The molecule has 20 heavy (non-hydrogen) atoms. The van der Waals surface area contributed by atoms with Crippen molar-refractivity contribution >= 4 is 44.5 Å². The average molecular weight is 451 g/mol. The first-order chi connectivity index (χ1) is 9.40. The van der Waals surface area contributed by atoms with Crippen LogP contribution in [0.3, 0.4) is 0 Å². The quantitative estimate of drug-likeness (QED) is 0.725. The van der Waals surface area contributed by atoms with Gasteiger partial charge in [0.05, 0.1) is 15.9 Å². The second-order valence-electron chi connectivity index (χ2n) is 4.20. The lowest BCUT2D eigenvalue weighted by molar-refractivity contribution is 0.0691. The molecule has 7 heteroatoms. The first kappa shape index (κ1) is 15.3. The van der Waals surface area contributed by atoms with Crippen molar-refractivity contribution in [1.82, 2.24) is 9.78 Å². The Labute approximate surface area is 138 Å². The molecule has 2 aromatic rings. The van der Waals surface area contributed by atoms with Crippen molar-refractivity contribution in [3.63, 3.8) is 0 Å². The van der Waals surface area contributed by atoms with Crippen molar-refractivity contribution < 1.29 is 14.6 Å². The molecule has 0 spiro atoms. The van der Waals surface area contributed by atoms with Crippen molar-refractivity contribution in [1.29, 1.82) is 0 Å². The summed E-state index contributed by atoms with van der Waals surface area (Å²) in [5.41, 5.74) is 1.89. The molecule has 1 N–H and O–H groups in total. The number of nitrogens with zero attached hydrogens (tertiary/aromatic N) is 2. The summed E-state index contributed by atoms with van der Waals surface area (Å²) in [6.07, 6.45) is 0. The van der Waals surface area contributed by atoms with Gasteiger partial charge in [-0.2, -0.15) is 5.10 Å². The summed E-state index contributed by atoms with van der Waals surface area (Å²) in [5, 5.41) is 13.5. The van der Waals surface area contributed by atoms with Gasteiger partial charge in [-0.1, -0.05) is 0 Å². The Balaban J connectivity index is 2.25. The number of benzene rings is 1. The predicted molar refractivity (Wildman–Crippen MR) is 86.1 cm³/mol. The number of hydrogen-bond acceptors (Lipinski definition) is 3. The number of carboxylic acids is 1. The van der Waals surface area contributed by atoms with E-state index in [0.29, 0.717) is 5.75 Å². The molecule has 2 rings (SSSR count). The molecular formula is C13H12BrIN2O3. The zero-order valence-electron chi connectivity index (χ0n) is 10.9. The van der Waals surface area contributed by atoms with Gasteiger partial charge < -0.3 is 9.84 Å². The fraction of sp³-hybridized carbons (Fsp3) is 0.231. The van der Waals surface area contributed by atoms with Gasteiger partial charge in [0.25, 0.3) is 0 Å². The molecule has 0 aliphatic rings. The van der Waals surface area contributed by atoms with Gasteiger partial charge in [0.15, 0.2) is 0 Å². The van der Waals surface area contributed by atoms with E-state index >= 15 is 0 Å². The fourth-order valence-electron chi connectivity index (χ4n) is 1.78. The Hall–Kier alpha value is -1.09. The molecule has 0 aliphatic heterocycles. The van der Waals surface area contributed by atoms with Crippen LogP contribution in [0.15, 0.2) is 22.7 Å². The first-order valence-electron chi connectivity index (χ1n) is 5.73. The van der Waals surface area contributed by atoms with Crippen LogP contribution in [0.5, 0.6) is 5.75 Å². The minimum absolute atomic E-state index is 0.159. The molecule has 106 valence electrons. The topological polar surface area (TPSA) is 64.4 Å². The number of hydrogen-bond donors (Lipinski definition) is 1. The Bertz CT molecular complexity index is 670. The summed E-state index contributed by atoms with van der Waals surface area (Å²) in [7, 11) is 1.82. The Morgan fingerprint density at radius 1 is 1.55 bits per heavy atom. The summed E-state index contributed by atoms with van der Waals surface area (Å²) in [4.78, 5) is 11.2. The third-order valence-corrected chi connectivity index (χ3v) is 4.50. The molecule has 0 saturated carbocycles. The predicted octanol–water partition coefficient (Wildman–Crippen LogP) is 3.37. The summed E-state index contributed by atoms with van der Waals surface area (Å²) < 4.78 is 9.08. The number of carboxylic acid groups (broad SMARTS) is 1. The summed E-state index contributed by atoms with van der Waals surface area (Å²) in [5.74, 6) is -0.651. The molecule has 0 radical (unpaired) electrons. The van der Waals surface area contributed by atoms with E-state index in [2.05, 4.69) is 43.6 Å². The molecule has 1 aromatic heterocycles. The number of carbonyl (C=O) groups is 1. The lowest BCUT2D eigenvalue weighted by Gasteiger charge is -2.10. The maximum absolute atomic E-state index is 11.2. The van der Waals surface area contributed by atoms with Crippen molar-refractivity contribution in [3.05, 3.63) is 43.2 Å². The molecule has 0 unspecified atom stereocenters. The first-order valence-corrected chi connectivity index (χ1v) is 7.61.